The van der Waals surface area contributed by atoms with Crippen LogP contribution in [0.25, 0.3) is 0 Å². The standard InChI is InChI=1S/C30H35F2N4O12P/c1-4-20(47-49(41,42)43)14-44-29(40)46-15-45-26-24-28(39)35-13-23(30(8-7-17(35)3)10-16(2)34-48-30)36(24)12-21(25(26)37)27(38)33-11-18-5-6-19(31)9-22(18)32/h5-6,9,12,17,20,23H,4,7-8,10-11,13-15H2,1-3H3,(H,33,38)(H2,41,42,43)/t17-,20-,23+,30-/m0/s1. The number of aromatic nitrogens is 1. The van der Waals surface area contributed by atoms with Gasteiger partial charge in [-0.05, 0) is 39.2 Å². The Morgan fingerprint density at radius 2 is 2.00 bits per heavy atom. The van der Waals surface area contributed by atoms with Gasteiger partial charge in [0, 0.05) is 43.4 Å². The summed E-state index contributed by atoms with van der Waals surface area (Å²) in [6, 6.07) is 1.87. The molecule has 0 aliphatic carbocycles. The number of oxime groups is 1. The molecule has 1 spiro atoms. The normalized spacial score (nSPS) is 22.1. The Hall–Kier alpha value is -4.38. The number of ether oxygens (including phenoxy) is 3. The smallest absolute Gasteiger partial charge is 0.451 e. The molecule has 0 radical (unpaired) electrons. The maximum absolute atomic E-state index is 14.3. The molecule has 0 unspecified atom stereocenters. The Kier molecular flexibility index (Phi) is 10.4. The monoisotopic (exact) mass is 712 g/mol. The van der Waals surface area contributed by atoms with E-state index in [0.717, 1.165) is 12.1 Å². The molecule has 3 aliphatic rings. The van der Waals surface area contributed by atoms with Gasteiger partial charge < -0.3 is 43.6 Å². The first-order valence-corrected chi connectivity index (χ1v) is 16.9. The Labute approximate surface area is 278 Å². The summed E-state index contributed by atoms with van der Waals surface area (Å²) < 4.78 is 60.1. The summed E-state index contributed by atoms with van der Waals surface area (Å²) in [6.07, 6.45) is 0.204. The van der Waals surface area contributed by atoms with Crippen LogP contribution in [0.3, 0.4) is 0 Å². The van der Waals surface area contributed by atoms with E-state index in [-0.39, 0.29) is 30.3 Å². The number of carbonyl (C=O) groups is 3. The summed E-state index contributed by atoms with van der Waals surface area (Å²) in [7, 11) is -4.86. The van der Waals surface area contributed by atoms with Crippen LogP contribution in [0.5, 0.6) is 5.75 Å². The Morgan fingerprint density at radius 1 is 1.24 bits per heavy atom. The number of nitrogens with zero attached hydrogens (tertiary/aromatic N) is 3. The summed E-state index contributed by atoms with van der Waals surface area (Å²) >= 11 is 0. The minimum Gasteiger partial charge on any atom is -0.451 e. The van der Waals surface area contributed by atoms with Gasteiger partial charge in [0.1, 0.15) is 29.9 Å². The van der Waals surface area contributed by atoms with Crippen LogP contribution in [-0.2, 0) is 29.9 Å². The number of amides is 2. The van der Waals surface area contributed by atoms with E-state index in [1.165, 1.54) is 17.7 Å². The van der Waals surface area contributed by atoms with E-state index in [1.807, 2.05) is 6.92 Å². The molecule has 1 aromatic carbocycles. The maximum Gasteiger partial charge on any atom is 0.511 e. The van der Waals surface area contributed by atoms with Crippen LogP contribution in [0.1, 0.15) is 78.9 Å². The second kappa shape index (κ2) is 14.2. The Balaban J connectivity index is 1.46. The largest absolute Gasteiger partial charge is 0.511 e. The molecule has 1 saturated heterocycles. The third-order valence-corrected chi connectivity index (χ3v) is 9.20. The number of hydrogen-bond donors (Lipinski definition) is 3. The molecule has 0 saturated carbocycles. The van der Waals surface area contributed by atoms with E-state index in [4.69, 9.17) is 28.8 Å². The van der Waals surface area contributed by atoms with Gasteiger partial charge in [0.2, 0.25) is 18.0 Å². The fourth-order valence-electron chi connectivity index (χ4n) is 6.10. The van der Waals surface area contributed by atoms with Gasteiger partial charge in [-0.3, -0.25) is 18.9 Å². The zero-order chi connectivity index (χ0) is 35.7. The van der Waals surface area contributed by atoms with Crippen LogP contribution >= 0.6 is 7.82 Å². The molecule has 19 heteroatoms. The average Bonchev–Trinajstić information content (AvgIpc) is 3.37. The van der Waals surface area contributed by atoms with Crippen molar-refractivity contribution < 1.29 is 61.1 Å². The van der Waals surface area contributed by atoms with Crippen LogP contribution in [0.15, 0.2) is 34.3 Å². The minimum absolute atomic E-state index is 0.0535. The number of fused-ring (bicyclic) bond motifs is 5. The van der Waals surface area contributed by atoms with Crippen molar-refractivity contribution in [1.82, 2.24) is 14.8 Å². The first-order chi connectivity index (χ1) is 23.1. The number of phosphoric acid groups is 1. The van der Waals surface area contributed by atoms with Gasteiger partial charge in [-0.2, -0.15) is 0 Å². The molecule has 4 atom stereocenters. The summed E-state index contributed by atoms with van der Waals surface area (Å²) in [5, 5.41) is 6.60. The summed E-state index contributed by atoms with van der Waals surface area (Å²) in [4.78, 5) is 79.1. The summed E-state index contributed by atoms with van der Waals surface area (Å²) in [5.41, 5.74) is -2.06. The molecule has 1 aromatic heterocycles. The molecule has 16 nitrogen and oxygen atoms in total. The molecule has 266 valence electrons. The summed E-state index contributed by atoms with van der Waals surface area (Å²) in [6.45, 7) is 3.36. The Morgan fingerprint density at radius 3 is 2.65 bits per heavy atom. The quantitative estimate of drug-likeness (QED) is 0.175. The van der Waals surface area contributed by atoms with Crippen molar-refractivity contribution >= 4 is 31.5 Å². The number of benzene rings is 1. The van der Waals surface area contributed by atoms with Crippen molar-refractivity contribution in [2.75, 3.05) is 19.9 Å². The third kappa shape index (κ3) is 7.77. The summed E-state index contributed by atoms with van der Waals surface area (Å²) in [5.74, 6) is -3.90. The van der Waals surface area contributed by atoms with E-state index in [9.17, 15) is 32.5 Å². The van der Waals surface area contributed by atoms with E-state index < -0.39 is 91.9 Å². The van der Waals surface area contributed by atoms with Gasteiger partial charge in [-0.15, -0.1) is 0 Å². The van der Waals surface area contributed by atoms with Gasteiger partial charge >= 0.3 is 14.0 Å². The molecule has 3 N–H and O–H groups in total. The maximum atomic E-state index is 14.3. The highest BCUT2D eigenvalue weighted by Crippen LogP contribution is 2.46. The number of nitrogens with one attached hydrogen (secondary N) is 1. The number of halogens is 2. The number of carbonyl (C=O) groups excluding carboxylic acids is 3. The first kappa shape index (κ1) is 35.9. The van der Waals surface area contributed by atoms with E-state index >= 15 is 0 Å². The molecule has 4 heterocycles. The fraction of sp³-hybridized carbons (Fsp3) is 0.500. The molecule has 1 fully saturated rings. The highest BCUT2D eigenvalue weighted by atomic mass is 31.2. The number of phosphoric ester groups is 1. The first-order valence-electron chi connectivity index (χ1n) is 15.3. The highest BCUT2D eigenvalue weighted by Gasteiger charge is 2.54. The molecule has 2 bridgehead atoms. The van der Waals surface area contributed by atoms with Gasteiger partial charge in [0.25, 0.3) is 11.8 Å². The van der Waals surface area contributed by atoms with Crippen molar-refractivity contribution in [3.05, 3.63) is 63.1 Å². The van der Waals surface area contributed by atoms with Crippen LogP contribution in [-0.4, -0.2) is 80.6 Å². The molecular weight excluding hydrogens is 677 g/mol. The average molecular weight is 713 g/mol. The van der Waals surface area contributed by atoms with E-state index in [0.29, 0.717) is 31.0 Å². The topological polar surface area (TPSA) is 205 Å². The lowest BCUT2D eigenvalue weighted by Crippen LogP contribution is -2.52. The van der Waals surface area contributed by atoms with Crippen molar-refractivity contribution in [1.29, 1.82) is 0 Å². The SMILES string of the molecule is CC[C@@H](COC(=O)OCOc1c2n(cc(C(=O)NCc3ccc(F)cc3F)c1=O)[C@@H]1CN(C2=O)[C@@H](C)CC[C@]12CC(C)=NO2)OP(=O)(O)O. The van der Waals surface area contributed by atoms with Crippen molar-refractivity contribution in [2.45, 2.75) is 76.8 Å². The minimum atomic E-state index is -4.86. The second-order valence-corrected chi connectivity index (χ2v) is 13.2. The van der Waals surface area contributed by atoms with Crippen LogP contribution in [0, 0.1) is 11.6 Å². The molecule has 5 rings (SSSR count). The second-order valence-electron chi connectivity index (χ2n) is 12.0. The van der Waals surface area contributed by atoms with Crippen molar-refractivity contribution in [3.8, 4) is 5.75 Å². The van der Waals surface area contributed by atoms with Gasteiger partial charge in [0.05, 0.1) is 11.8 Å². The predicted octanol–water partition coefficient (Wildman–Crippen LogP) is 3.15. The lowest BCUT2D eigenvalue weighted by atomic mass is 9.84. The van der Waals surface area contributed by atoms with E-state index in [1.54, 1.807) is 11.8 Å². The van der Waals surface area contributed by atoms with Crippen molar-refractivity contribution in [3.63, 3.8) is 0 Å². The van der Waals surface area contributed by atoms with Crippen LogP contribution in [0.4, 0.5) is 13.6 Å². The number of pyridine rings is 1. The molecule has 2 aromatic rings. The number of hydrogen-bond acceptors (Lipinski definition) is 11. The highest BCUT2D eigenvalue weighted by molar-refractivity contribution is 7.46. The van der Waals surface area contributed by atoms with Crippen LogP contribution < -0.4 is 15.5 Å². The molecule has 3 aliphatic heterocycles. The van der Waals surface area contributed by atoms with E-state index in [2.05, 4.69) is 15.0 Å². The molecule has 49 heavy (non-hydrogen) atoms. The fourth-order valence-corrected chi connectivity index (χ4v) is 6.70. The van der Waals surface area contributed by atoms with Gasteiger partial charge in [-0.1, -0.05) is 18.1 Å². The Bertz CT molecular complexity index is 1780. The predicted molar refractivity (Wildman–Crippen MR) is 164 cm³/mol. The lowest BCUT2D eigenvalue weighted by Gasteiger charge is -2.42. The zero-order valence-electron chi connectivity index (χ0n) is 26.7. The third-order valence-electron chi connectivity index (χ3n) is 8.63. The van der Waals surface area contributed by atoms with Crippen molar-refractivity contribution in [2.24, 2.45) is 5.16 Å². The van der Waals surface area contributed by atoms with Crippen LogP contribution in [0.2, 0.25) is 0 Å². The van der Waals surface area contributed by atoms with Gasteiger partial charge in [0.15, 0.2) is 11.3 Å². The lowest BCUT2D eigenvalue weighted by molar-refractivity contribution is -0.0658. The zero-order valence-corrected chi connectivity index (χ0v) is 27.6. The number of rotatable bonds is 11. The van der Waals surface area contributed by atoms with Gasteiger partial charge in [-0.25, -0.2) is 18.1 Å². The molecule has 2 amide bonds. The molecular formula is C30H35F2N4O12P.